The molecule has 142 valence electrons. The molecule has 1 N–H and O–H groups in total. The minimum absolute atomic E-state index is 0.0142. The number of carbonyl (C=O) groups excluding carboxylic acids is 2. The summed E-state index contributed by atoms with van der Waals surface area (Å²) < 4.78 is 10.5. The van der Waals surface area contributed by atoms with Gasteiger partial charge in [-0.25, -0.2) is 0 Å². The van der Waals surface area contributed by atoms with Gasteiger partial charge in [0.1, 0.15) is 5.75 Å². The molecule has 1 aliphatic heterocycles. The van der Waals surface area contributed by atoms with Gasteiger partial charge in [-0.1, -0.05) is 12.1 Å². The molecule has 3 rings (SSSR count). The fraction of sp³-hybridized carbons (Fsp3) is 0.333. The number of Topliss-reactive ketones (excluding diaryl/α,β-unsaturated/α-hetero) is 1. The third kappa shape index (κ3) is 5.31. The predicted molar refractivity (Wildman–Crippen MR) is 104 cm³/mol. The first kappa shape index (κ1) is 18.9. The number of benzene rings is 2. The van der Waals surface area contributed by atoms with Gasteiger partial charge in [0.25, 0.3) is 0 Å². The number of hydrogen-bond acceptors (Lipinski definition) is 5. The highest BCUT2D eigenvalue weighted by molar-refractivity contribution is 5.99. The molecule has 2 aromatic carbocycles. The molecule has 6 heteroatoms. The van der Waals surface area contributed by atoms with E-state index in [9.17, 15) is 9.59 Å². The fourth-order valence-electron chi connectivity index (χ4n) is 2.99. The second-order valence-corrected chi connectivity index (χ2v) is 6.37. The third-order valence-corrected chi connectivity index (χ3v) is 4.51. The molecular formula is C21H24N2O4. The Balaban J connectivity index is 1.50. The van der Waals surface area contributed by atoms with Crippen LogP contribution in [0.1, 0.15) is 15.9 Å². The highest BCUT2D eigenvalue weighted by Gasteiger charge is 2.13. The van der Waals surface area contributed by atoms with Crippen molar-refractivity contribution in [1.29, 1.82) is 0 Å². The van der Waals surface area contributed by atoms with Crippen LogP contribution in [0.3, 0.4) is 0 Å². The van der Waals surface area contributed by atoms with Crippen molar-refractivity contribution in [1.82, 2.24) is 5.32 Å². The van der Waals surface area contributed by atoms with Crippen LogP contribution in [0, 0.1) is 0 Å². The van der Waals surface area contributed by atoms with Crippen molar-refractivity contribution < 1.29 is 19.1 Å². The number of nitrogens with one attached hydrogen (secondary N) is 1. The van der Waals surface area contributed by atoms with Crippen LogP contribution in [0.5, 0.6) is 5.75 Å². The lowest BCUT2D eigenvalue weighted by Gasteiger charge is -2.28. The van der Waals surface area contributed by atoms with E-state index in [2.05, 4.69) is 10.2 Å². The van der Waals surface area contributed by atoms with Gasteiger partial charge in [-0.3, -0.25) is 9.59 Å². The first-order valence-electron chi connectivity index (χ1n) is 9.01. The molecule has 0 bridgehead atoms. The second-order valence-electron chi connectivity index (χ2n) is 6.37. The Morgan fingerprint density at radius 1 is 1.11 bits per heavy atom. The van der Waals surface area contributed by atoms with Crippen molar-refractivity contribution >= 4 is 17.4 Å². The van der Waals surface area contributed by atoms with Gasteiger partial charge < -0.3 is 19.7 Å². The van der Waals surface area contributed by atoms with Crippen LogP contribution in [0.2, 0.25) is 0 Å². The SMILES string of the molecule is COc1cccc(CC(=O)NCC(=O)c2ccc(N3CCOCC3)cc2)c1. The van der Waals surface area contributed by atoms with Crippen LogP contribution in [-0.4, -0.2) is 51.6 Å². The molecule has 0 spiro atoms. The summed E-state index contributed by atoms with van der Waals surface area (Å²) >= 11 is 0. The predicted octanol–water partition coefficient (Wildman–Crippen LogP) is 2.07. The van der Waals surface area contributed by atoms with E-state index in [1.165, 1.54) is 0 Å². The Labute approximate surface area is 159 Å². The van der Waals surface area contributed by atoms with Gasteiger partial charge in [0.2, 0.25) is 5.91 Å². The number of ether oxygens (including phenoxy) is 2. The maximum Gasteiger partial charge on any atom is 0.224 e. The lowest BCUT2D eigenvalue weighted by atomic mass is 10.1. The van der Waals surface area contributed by atoms with E-state index in [0.29, 0.717) is 11.3 Å². The Morgan fingerprint density at radius 2 is 1.85 bits per heavy atom. The van der Waals surface area contributed by atoms with Gasteiger partial charge >= 0.3 is 0 Å². The maximum absolute atomic E-state index is 12.3. The van der Waals surface area contributed by atoms with E-state index in [1.807, 2.05) is 36.4 Å². The summed E-state index contributed by atoms with van der Waals surface area (Å²) in [6, 6.07) is 14.8. The smallest absolute Gasteiger partial charge is 0.224 e. The lowest BCUT2D eigenvalue weighted by Crippen LogP contribution is -2.36. The van der Waals surface area contributed by atoms with Crippen molar-refractivity contribution in [3.8, 4) is 5.75 Å². The van der Waals surface area contributed by atoms with Crippen LogP contribution in [0.15, 0.2) is 48.5 Å². The van der Waals surface area contributed by atoms with Gasteiger partial charge in [0.05, 0.1) is 33.3 Å². The molecule has 1 saturated heterocycles. The van der Waals surface area contributed by atoms with Crippen LogP contribution in [0.25, 0.3) is 0 Å². The molecule has 2 aromatic rings. The number of anilines is 1. The molecule has 0 unspecified atom stereocenters. The Morgan fingerprint density at radius 3 is 2.56 bits per heavy atom. The fourth-order valence-corrected chi connectivity index (χ4v) is 2.99. The zero-order valence-electron chi connectivity index (χ0n) is 15.4. The number of amides is 1. The standard InChI is InChI=1S/C21H24N2O4/c1-26-19-4-2-3-16(13-19)14-21(25)22-15-20(24)17-5-7-18(8-6-17)23-9-11-27-12-10-23/h2-8,13H,9-12,14-15H2,1H3,(H,22,25). The first-order chi connectivity index (χ1) is 13.2. The highest BCUT2D eigenvalue weighted by Crippen LogP contribution is 2.17. The number of rotatable bonds is 7. The van der Waals surface area contributed by atoms with E-state index >= 15 is 0 Å². The van der Waals surface area contributed by atoms with Crippen molar-refractivity contribution in [3.05, 3.63) is 59.7 Å². The number of morpholine rings is 1. The summed E-state index contributed by atoms with van der Waals surface area (Å²) in [5, 5.41) is 2.69. The summed E-state index contributed by atoms with van der Waals surface area (Å²) in [6.45, 7) is 3.14. The number of hydrogen-bond donors (Lipinski definition) is 1. The van der Waals surface area contributed by atoms with Crippen molar-refractivity contribution in [2.75, 3.05) is 44.9 Å². The molecule has 27 heavy (non-hydrogen) atoms. The minimum atomic E-state index is -0.193. The van der Waals surface area contributed by atoms with E-state index in [1.54, 1.807) is 19.2 Å². The van der Waals surface area contributed by atoms with E-state index in [-0.39, 0.29) is 24.7 Å². The minimum Gasteiger partial charge on any atom is -0.497 e. The molecule has 0 radical (unpaired) electrons. The molecule has 0 saturated carbocycles. The summed E-state index contributed by atoms with van der Waals surface area (Å²) in [7, 11) is 1.59. The summed E-state index contributed by atoms with van der Waals surface area (Å²) in [4.78, 5) is 26.6. The first-order valence-corrected chi connectivity index (χ1v) is 9.01. The molecule has 1 fully saturated rings. The van der Waals surface area contributed by atoms with Crippen molar-refractivity contribution in [2.45, 2.75) is 6.42 Å². The molecule has 0 aromatic heterocycles. The zero-order chi connectivity index (χ0) is 19.1. The van der Waals surface area contributed by atoms with E-state index < -0.39 is 0 Å². The van der Waals surface area contributed by atoms with Gasteiger partial charge in [0.15, 0.2) is 5.78 Å². The largest absolute Gasteiger partial charge is 0.497 e. The average Bonchev–Trinajstić information content (AvgIpc) is 2.73. The molecular weight excluding hydrogens is 344 g/mol. The summed E-state index contributed by atoms with van der Waals surface area (Å²) in [5.74, 6) is 0.404. The zero-order valence-corrected chi connectivity index (χ0v) is 15.4. The van der Waals surface area contributed by atoms with Gasteiger partial charge in [-0.05, 0) is 42.0 Å². The lowest BCUT2D eigenvalue weighted by molar-refractivity contribution is -0.120. The number of ketones is 1. The van der Waals surface area contributed by atoms with Crippen LogP contribution >= 0.6 is 0 Å². The molecule has 6 nitrogen and oxygen atoms in total. The number of nitrogens with zero attached hydrogens (tertiary/aromatic N) is 1. The third-order valence-electron chi connectivity index (χ3n) is 4.51. The number of methoxy groups -OCH3 is 1. The normalized spacial score (nSPS) is 13.9. The Bertz CT molecular complexity index is 783. The molecule has 1 heterocycles. The van der Waals surface area contributed by atoms with E-state index in [0.717, 1.165) is 37.6 Å². The van der Waals surface area contributed by atoms with Gasteiger partial charge in [-0.2, -0.15) is 0 Å². The molecule has 0 aliphatic carbocycles. The highest BCUT2D eigenvalue weighted by atomic mass is 16.5. The van der Waals surface area contributed by atoms with E-state index in [4.69, 9.17) is 9.47 Å². The monoisotopic (exact) mass is 368 g/mol. The van der Waals surface area contributed by atoms with Crippen molar-refractivity contribution in [3.63, 3.8) is 0 Å². The topological polar surface area (TPSA) is 67.9 Å². The second kappa shape index (κ2) is 9.19. The molecule has 0 atom stereocenters. The van der Waals surface area contributed by atoms with Crippen LogP contribution in [-0.2, 0) is 16.0 Å². The van der Waals surface area contributed by atoms with Crippen molar-refractivity contribution in [2.24, 2.45) is 0 Å². The van der Waals surface area contributed by atoms with Gasteiger partial charge in [0, 0.05) is 24.3 Å². The molecule has 1 aliphatic rings. The Kier molecular flexibility index (Phi) is 6.44. The maximum atomic E-state index is 12.3. The molecule has 1 amide bonds. The van der Waals surface area contributed by atoms with Gasteiger partial charge in [-0.15, -0.1) is 0 Å². The number of carbonyl (C=O) groups is 2. The van der Waals surface area contributed by atoms with Crippen LogP contribution < -0.4 is 15.0 Å². The summed E-state index contributed by atoms with van der Waals surface area (Å²) in [6.07, 6.45) is 0.209. The quantitative estimate of drug-likeness (QED) is 0.758. The Hall–Kier alpha value is -2.86. The average molecular weight is 368 g/mol. The summed E-state index contributed by atoms with van der Waals surface area (Å²) in [5.41, 5.74) is 2.51. The van der Waals surface area contributed by atoms with Crippen LogP contribution in [0.4, 0.5) is 5.69 Å².